The van der Waals surface area contributed by atoms with Gasteiger partial charge in [0, 0.05) is 13.3 Å². The lowest BCUT2D eigenvalue weighted by atomic mass is 10.1. The van der Waals surface area contributed by atoms with Crippen molar-refractivity contribution in [3.05, 3.63) is 35.6 Å². The van der Waals surface area contributed by atoms with E-state index >= 15 is 0 Å². The van der Waals surface area contributed by atoms with Gasteiger partial charge in [-0.05, 0) is 17.7 Å². The summed E-state index contributed by atoms with van der Waals surface area (Å²) in [5.41, 5.74) is 0.637. The molecule has 0 saturated heterocycles. The van der Waals surface area contributed by atoms with Gasteiger partial charge in [0.25, 0.3) is 0 Å². The molecule has 0 heterocycles. The van der Waals surface area contributed by atoms with Crippen molar-refractivity contribution in [2.45, 2.75) is 6.04 Å². The van der Waals surface area contributed by atoms with Gasteiger partial charge in [-0.2, -0.15) is 10.2 Å². The second-order valence-corrected chi connectivity index (χ2v) is 5.66. The van der Waals surface area contributed by atoms with Crippen LogP contribution in [0.5, 0.6) is 0 Å². The van der Waals surface area contributed by atoms with Gasteiger partial charge in [-0.1, -0.05) is 12.1 Å². The number of nitrogens with zero attached hydrogens (tertiary/aromatic N) is 2. The molecule has 0 saturated carbocycles. The van der Waals surface area contributed by atoms with Crippen LogP contribution in [0.25, 0.3) is 0 Å². The maximum absolute atomic E-state index is 12.7. The van der Waals surface area contributed by atoms with E-state index in [0.717, 1.165) is 6.26 Å². The summed E-state index contributed by atoms with van der Waals surface area (Å²) < 4.78 is 35.1. The molecule has 0 bridgehead atoms. The molecule has 0 N–H and O–H groups in total. The summed E-state index contributed by atoms with van der Waals surface area (Å²) in [6.07, 6.45) is 1.13. The van der Waals surface area contributed by atoms with E-state index < -0.39 is 15.9 Å². The summed E-state index contributed by atoms with van der Waals surface area (Å²) in [7, 11) is -1.68. The Kier molecular flexibility index (Phi) is 4.12. The van der Waals surface area contributed by atoms with Gasteiger partial charge in [-0.15, -0.1) is 0 Å². The van der Waals surface area contributed by atoms with Crippen LogP contribution in [0.4, 0.5) is 4.39 Å². The van der Waals surface area contributed by atoms with Crippen molar-refractivity contribution in [2.75, 3.05) is 19.1 Å². The average molecular weight is 244 g/mol. The predicted molar refractivity (Wildman–Crippen MR) is 59.6 cm³/mol. The van der Waals surface area contributed by atoms with Gasteiger partial charge in [0.2, 0.25) is 0 Å². The second kappa shape index (κ2) is 5.16. The van der Waals surface area contributed by atoms with Crippen molar-refractivity contribution >= 4 is 9.84 Å². The topological polar surface area (TPSA) is 58.9 Å². The zero-order chi connectivity index (χ0) is 12.2. The SMILES string of the molecule is CN=NC(CS(C)(=O)=O)c1ccc(F)cc1. The number of hydrogen-bond acceptors (Lipinski definition) is 4. The molecule has 0 amide bonds. The van der Waals surface area contributed by atoms with Gasteiger partial charge in [-0.25, -0.2) is 12.8 Å². The Balaban J connectivity index is 2.98. The molecule has 1 rings (SSSR count). The number of sulfone groups is 1. The van der Waals surface area contributed by atoms with Crippen LogP contribution >= 0.6 is 0 Å². The number of hydrogen-bond donors (Lipinski definition) is 0. The van der Waals surface area contributed by atoms with Crippen molar-refractivity contribution in [3.8, 4) is 0 Å². The van der Waals surface area contributed by atoms with Crippen LogP contribution in [0.2, 0.25) is 0 Å². The maximum atomic E-state index is 12.7. The third-order valence-corrected chi connectivity index (χ3v) is 2.89. The third-order valence-electron chi connectivity index (χ3n) is 1.97. The quantitative estimate of drug-likeness (QED) is 0.760. The molecule has 0 aliphatic rings. The van der Waals surface area contributed by atoms with Gasteiger partial charge in [-0.3, -0.25) is 0 Å². The van der Waals surface area contributed by atoms with Crippen LogP contribution in [-0.4, -0.2) is 27.5 Å². The van der Waals surface area contributed by atoms with Crippen molar-refractivity contribution in [3.63, 3.8) is 0 Å². The number of azo groups is 1. The fraction of sp³-hybridized carbons (Fsp3) is 0.400. The maximum Gasteiger partial charge on any atom is 0.149 e. The summed E-state index contributed by atoms with van der Waals surface area (Å²) >= 11 is 0. The van der Waals surface area contributed by atoms with Crippen LogP contribution < -0.4 is 0 Å². The normalized spacial score (nSPS) is 14.2. The van der Waals surface area contributed by atoms with Crippen LogP contribution in [0, 0.1) is 5.82 Å². The van der Waals surface area contributed by atoms with Gasteiger partial charge in [0.05, 0.1) is 5.75 Å². The molecule has 0 spiro atoms. The first kappa shape index (κ1) is 12.8. The lowest BCUT2D eigenvalue weighted by Crippen LogP contribution is -2.11. The Hall–Kier alpha value is -1.30. The third kappa shape index (κ3) is 4.06. The molecular formula is C10H13FN2O2S. The van der Waals surface area contributed by atoms with E-state index in [4.69, 9.17) is 0 Å². The van der Waals surface area contributed by atoms with Crippen molar-refractivity contribution < 1.29 is 12.8 Å². The van der Waals surface area contributed by atoms with Crippen molar-refractivity contribution in [1.82, 2.24) is 0 Å². The Bertz CT molecular complexity index is 468. The van der Waals surface area contributed by atoms with Crippen molar-refractivity contribution in [2.24, 2.45) is 10.2 Å². The predicted octanol–water partition coefficient (Wildman–Crippen LogP) is 1.99. The van der Waals surface area contributed by atoms with E-state index in [-0.39, 0.29) is 11.6 Å². The molecule has 1 aromatic rings. The highest BCUT2D eigenvalue weighted by molar-refractivity contribution is 7.90. The summed E-state index contributed by atoms with van der Waals surface area (Å²) in [4.78, 5) is 0. The molecule has 0 fully saturated rings. The fourth-order valence-corrected chi connectivity index (χ4v) is 2.14. The minimum Gasteiger partial charge on any atom is -0.229 e. The van der Waals surface area contributed by atoms with E-state index in [1.54, 1.807) is 0 Å². The van der Waals surface area contributed by atoms with Gasteiger partial charge < -0.3 is 0 Å². The fourth-order valence-electron chi connectivity index (χ4n) is 1.31. The van der Waals surface area contributed by atoms with E-state index in [2.05, 4.69) is 10.2 Å². The summed E-state index contributed by atoms with van der Waals surface area (Å²) in [5, 5.41) is 7.42. The second-order valence-electron chi connectivity index (χ2n) is 3.48. The summed E-state index contributed by atoms with van der Waals surface area (Å²) in [6, 6.07) is 5.01. The first-order chi connectivity index (χ1) is 7.42. The van der Waals surface area contributed by atoms with Crippen LogP contribution in [0.1, 0.15) is 11.6 Å². The Morgan fingerprint density at radius 1 is 1.31 bits per heavy atom. The molecule has 16 heavy (non-hydrogen) atoms. The van der Waals surface area contributed by atoms with E-state index in [0.29, 0.717) is 5.56 Å². The highest BCUT2D eigenvalue weighted by atomic mass is 32.2. The molecule has 1 atom stereocenters. The van der Waals surface area contributed by atoms with Crippen LogP contribution in [0.3, 0.4) is 0 Å². The Morgan fingerprint density at radius 2 is 1.88 bits per heavy atom. The van der Waals surface area contributed by atoms with E-state index in [1.165, 1.54) is 31.3 Å². The van der Waals surface area contributed by atoms with Crippen LogP contribution in [-0.2, 0) is 9.84 Å². The average Bonchev–Trinajstić information content (AvgIpc) is 2.16. The molecule has 0 aromatic heterocycles. The zero-order valence-corrected chi connectivity index (χ0v) is 9.91. The Labute approximate surface area is 94.1 Å². The molecule has 1 aromatic carbocycles. The smallest absolute Gasteiger partial charge is 0.149 e. The number of benzene rings is 1. The van der Waals surface area contributed by atoms with Gasteiger partial charge in [0.1, 0.15) is 21.7 Å². The molecular weight excluding hydrogens is 231 g/mol. The lowest BCUT2D eigenvalue weighted by molar-refractivity contribution is 0.592. The summed E-state index contributed by atoms with van der Waals surface area (Å²) in [5.74, 6) is -0.494. The molecule has 0 radical (unpaired) electrons. The first-order valence-corrected chi connectivity index (χ1v) is 6.70. The minimum atomic E-state index is -3.15. The van der Waals surface area contributed by atoms with E-state index in [1.807, 2.05) is 0 Å². The molecule has 0 aliphatic carbocycles. The zero-order valence-electron chi connectivity index (χ0n) is 9.09. The van der Waals surface area contributed by atoms with Gasteiger partial charge >= 0.3 is 0 Å². The molecule has 88 valence electrons. The highest BCUT2D eigenvalue weighted by Gasteiger charge is 2.16. The molecule has 6 heteroatoms. The molecule has 4 nitrogen and oxygen atoms in total. The molecule has 0 aliphatic heterocycles. The van der Waals surface area contributed by atoms with Gasteiger partial charge in [0.15, 0.2) is 0 Å². The Morgan fingerprint density at radius 3 is 2.31 bits per heavy atom. The lowest BCUT2D eigenvalue weighted by Gasteiger charge is -2.09. The number of rotatable bonds is 4. The summed E-state index contributed by atoms with van der Waals surface area (Å²) in [6.45, 7) is 0. The largest absolute Gasteiger partial charge is 0.229 e. The van der Waals surface area contributed by atoms with Crippen molar-refractivity contribution in [1.29, 1.82) is 0 Å². The highest BCUT2D eigenvalue weighted by Crippen LogP contribution is 2.19. The standard InChI is InChI=1S/C10H13FN2O2S/c1-12-13-10(7-16(2,14)15)8-3-5-9(11)6-4-8/h3-6,10H,7H2,1-2H3. The minimum absolute atomic E-state index is 0.129. The number of halogens is 1. The van der Waals surface area contributed by atoms with E-state index in [9.17, 15) is 12.8 Å². The first-order valence-electron chi connectivity index (χ1n) is 4.64. The van der Waals surface area contributed by atoms with Crippen LogP contribution in [0.15, 0.2) is 34.5 Å². The monoisotopic (exact) mass is 244 g/mol. The molecule has 1 unspecified atom stereocenters.